The van der Waals surface area contributed by atoms with Crippen LogP contribution in [0.5, 0.6) is 0 Å². The van der Waals surface area contributed by atoms with Gasteiger partial charge in [-0.2, -0.15) is 16.8 Å². The molecule has 1 fully saturated rings. The second kappa shape index (κ2) is 9.91. The monoisotopic (exact) mass is 678 g/mol. The van der Waals surface area contributed by atoms with E-state index in [-0.39, 0.29) is 45.2 Å². The molecule has 238 valence electrons. The molecule has 1 saturated heterocycles. The first-order chi connectivity index (χ1) is 23.0. The van der Waals surface area contributed by atoms with Crippen LogP contribution in [0.25, 0.3) is 32.3 Å². The minimum atomic E-state index is -4.76. The van der Waals surface area contributed by atoms with E-state index in [9.17, 15) is 25.9 Å². The van der Waals surface area contributed by atoms with Crippen LogP contribution >= 0.6 is 0 Å². The summed E-state index contributed by atoms with van der Waals surface area (Å²) in [5.74, 6) is 1.88. The summed E-state index contributed by atoms with van der Waals surface area (Å²) in [5, 5.41) is 5.59. The summed E-state index contributed by atoms with van der Waals surface area (Å²) in [6.07, 6.45) is 7.86. The van der Waals surface area contributed by atoms with Crippen molar-refractivity contribution in [1.82, 2.24) is 20.3 Å². The van der Waals surface area contributed by atoms with Gasteiger partial charge in [0.15, 0.2) is 0 Å². The Morgan fingerprint density at radius 1 is 0.521 bits per heavy atom. The summed E-state index contributed by atoms with van der Waals surface area (Å²) in [5.41, 5.74) is 0.158. The lowest BCUT2D eigenvalue weighted by atomic mass is 9.90. The average Bonchev–Trinajstić information content (AvgIpc) is 3.79. The molecule has 0 saturated carbocycles. The summed E-state index contributed by atoms with van der Waals surface area (Å²) in [6.45, 7) is 0. The Balaban J connectivity index is 1.48. The lowest BCUT2D eigenvalue weighted by molar-refractivity contribution is 0.482. The van der Waals surface area contributed by atoms with E-state index in [0.29, 0.717) is 34.1 Å². The molecule has 2 aliphatic heterocycles. The van der Waals surface area contributed by atoms with Crippen molar-refractivity contribution in [2.24, 2.45) is 31.8 Å². The molecule has 16 heteroatoms. The molecule has 8 bridgehead atoms. The van der Waals surface area contributed by atoms with E-state index < -0.39 is 30.0 Å². The maximum Gasteiger partial charge on any atom is 0.295 e. The second-order valence-electron chi connectivity index (χ2n) is 11.5. The Hall–Kier alpha value is -5.68. The van der Waals surface area contributed by atoms with Crippen LogP contribution in [0.3, 0.4) is 0 Å². The van der Waals surface area contributed by atoms with E-state index in [1.54, 1.807) is 12.1 Å². The molecule has 3 aromatic heterocycles. The molecule has 6 N–H and O–H groups in total. The first kappa shape index (κ1) is 28.5. The molecule has 3 aromatic carbocycles. The third kappa shape index (κ3) is 4.31. The number of benzene rings is 3. The molecule has 0 unspecified atom stereocenters. The molecule has 1 aliphatic carbocycles. The topological polar surface area (TPSA) is 218 Å². The molecule has 0 radical (unpaired) electrons. The molecule has 2 atom stereocenters. The van der Waals surface area contributed by atoms with Crippen LogP contribution in [-0.2, 0) is 20.2 Å². The van der Waals surface area contributed by atoms with E-state index in [0.717, 1.165) is 10.8 Å². The molecular formula is C32H22N8O6S2. The summed E-state index contributed by atoms with van der Waals surface area (Å²) >= 11 is 0. The molecule has 9 rings (SSSR count). The Morgan fingerprint density at radius 2 is 1.02 bits per heavy atom. The number of amidine groups is 2. The van der Waals surface area contributed by atoms with Gasteiger partial charge in [-0.1, -0.05) is 72.8 Å². The van der Waals surface area contributed by atoms with Crippen LogP contribution in [-0.4, -0.2) is 52.6 Å². The zero-order valence-corrected chi connectivity index (χ0v) is 26.0. The van der Waals surface area contributed by atoms with Gasteiger partial charge < -0.3 is 20.3 Å². The second-order valence-corrected chi connectivity index (χ2v) is 14.3. The van der Waals surface area contributed by atoms with Crippen molar-refractivity contribution in [2.45, 2.75) is 9.79 Å². The number of H-pyrrole nitrogens is 3. The number of hydrogen-bond donors (Lipinski definition) is 6. The molecule has 0 amide bonds. The molecule has 5 heterocycles. The van der Waals surface area contributed by atoms with Crippen LogP contribution in [0, 0.1) is 11.8 Å². The molecule has 14 nitrogen and oxygen atoms in total. The SMILES string of the molecule is O=S(=O)(O)c1cccc2c3[nH]c(c12)N=c1[nH]c(c2cccc(S(=O)(=O)O)c12)=Nc1[nH]c(c2ccccc12)N=C1NC(=N3)[C@H]2C=CC=C[C@H]12. The molecular weight excluding hydrogens is 657 g/mol. The minimum Gasteiger partial charge on any atom is -0.331 e. The minimum absolute atomic E-state index is 0.0158. The largest absolute Gasteiger partial charge is 0.331 e. The van der Waals surface area contributed by atoms with Crippen molar-refractivity contribution in [3.05, 3.63) is 95.9 Å². The van der Waals surface area contributed by atoms with E-state index >= 15 is 0 Å². The summed E-state index contributed by atoms with van der Waals surface area (Å²) in [7, 11) is -9.52. The van der Waals surface area contributed by atoms with Gasteiger partial charge in [0, 0.05) is 44.2 Å². The number of nitrogens with one attached hydrogen (secondary N) is 4. The Kier molecular flexibility index (Phi) is 5.89. The van der Waals surface area contributed by atoms with Gasteiger partial charge >= 0.3 is 0 Å². The highest BCUT2D eigenvalue weighted by molar-refractivity contribution is 7.86. The smallest absolute Gasteiger partial charge is 0.295 e. The highest BCUT2D eigenvalue weighted by Gasteiger charge is 2.37. The van der Waals surface area contributed by atoms with Gasteiger partial charge in [-0.05, 0) is 12.1 Å². The fourth-order valence-corrected chi connectivity index (χ4v) is 8.05. The number of rotatable bonds is 2. The first-order valence-corrected chi connectivity index (χ1v) is 17.5. The molecule has 3 aliphatic rings. The van der Waals surface area contributed by atoms with Crippen molar-refractivity contribution < 1.29 is 25.9 Å². The Bertz CT molecular complexity index is 2900. The predicted molar refractivity (Wildman–Crippen MR) is 179 cm³/mol. The van der Waals surface area contributed by atoms with Gasteiger partial charge in [-0.25, -0.2) is 20.0 Å². The van der Waals surface area contributed by atoms with Crippen LogP contribution in [0.2, 0.25) is 0 Å². The zero-order chi connectivity index (χ0) is 32.9. The van der Waals surface area contributed by atoms with Gasteiger partial charge in [0.2, 0.25) is 0 Å². The van der Waals surface area contributed by atoms with Gasteiger partial charge in [0.05, 0.1) is 0 Å². The number of aromatic nitrogens is 3. The van der Waals surface area contributed by atoms with Crippen molar-refractivity contribution >= 4 is 87.5 Å². The van der Waals surface area contributed by atoms with E-state index in [2.05, 4.69) is 20.3 Å². The summed E-state index contributed by atoms with van der Waals surface area (Å²) in [6, 6.07) is 16.2. The molecule has 0 spiro atoms. The van der Waals surface area contributed by atoms with Crippen LogP contribution in [0.4, 0.5) is 23.3 Å². The summed E-state index contributed by atoms with van der Waals surface area (Å²) < 4.78 is 70.9. The lowest BCUT2D eigenvalue weighted by Crippen LogP contribution is -2.22. The number of fused-ring (bicyclic) bond motifs is 20. The standard InChI is InChI=1S/C32H22N8O6S2/c41-47(42,43)21-13-5-11-19-23(21)31-38-29(19)36-27-17-9-3-1-7-15(17)25(34-27)33-26-16-8-2-4-10-18(16)28(35-26)37-30-20-12-6-14-22(48(44,45)46)24(20)32(39-30)40-31/h1-15,17,35,38H,(H,33,34,36)(H,37,39,40)(H,41,42,43)(H,44,45,46)/t15-,17-/m0/s1. The normalized spacial score (nSPS) is 18.7. The van der Waals surface area contributed by atoms with Gasteiger partial charge in [0.1, 0.15) is 55.7 Å². The fourth-order valence-electron chi connectivity index (χ4n) is 6.62. The number of nitrogens with zero attached hydrogens (tertiary/aromatic N) is 4. The number of aliphatic imine (C=N–C) groups is 2. The van der Waals surface area contributed by atoms with Crippen molar-refractivity contribution in [3.8, 4) is 0 Å². The zero-order valence-electron chi connectivity index (χ0n) is 24.4. The number of aromatic amines is 3. The van der Waals surface area contributed by atoms with Gasteiger partial charge in [-0.3, -0.25) is 9.11 Å². The van der Waals surface area contributed by atoms with E-state index in [4.69, 9.17) is 20.0 Å². The summed E-state index contributed by atoms with van der Waals surface area (Å²) in [4.78, 5) is 28.1. The van der Waals surface area contributed by atoms with Crippen molar-refractivity contribution in [2.75, 3.05) is 0 Å². The van der Waals surface area contributed by atoms with Crippen LogP contribution in [0.1, 0.15) is 0 Å². The third-order valence-corrected chi connectivity index (χ3v) is 10.5. The molecule has 48 heavy (non-hydrogen) atoms. The quantitative estimate of drug-likeness (QED) is 0.143. The highest BCUT2D eigenvalue weighted by atomic mass is 32.2. The first-order valence-electron chi connectivity index (χ1n) is 14.6. The van der Waals surface area contributed by atoms with E-state index in [1.807, 2.05) is 48.6 Å². The Morgan fingerprint density at radius 3 is 1.65 bits per heavy atom. The highest BCUT2D eigenvalue weighted by Crippen LogP contribution is 2.40. The number of allylic oxidation sites excluding steroid dienone is 2. The predicted octanol–water partition coefficient (Wildman–Crippen LogP) is 4.56. The fraction of sp³-hybridized carbons (Fsp3) is 0.0625. The van der Waals surface area contributed by atoms with Crippen LogP contribution in [0.15, 0.2) is 115 Å². The van der Waals surface area contributed by atoms with Crippen molar-refractivity contribution in [3.63, 3.8) is 0 Å². The number of hydrogen-bond acceptors (Lipinski definition) is 9. The maximum atomic E-state index is 12.6. The van der Waals surface area contributed by atoms with Gasteiger partial charge in [0.25, 0.3) is 20.2 Å². The van der Waals surface area contributed by atoms with Crippen molar-refractivity contribution in [1.29, 1.82) is 0 Å². The lowest BCUT2D eigenvalue weighted by Gasteiger charge is -2.13. The van der Waals surface area contributed by atoms with Gasteiger partial charge in [-0.15, -0.1) is 0 Å². The van der Waals surface area contributed by atoms with Crippen LogP contribution < -0.4 is 16.3 Å². The molecule has 6 aromatic rings. The maximum absolute atomic E-state index is 12.6. The van der Waals surface area contributed by atoms with E-state index in [1.165, 1.54) is 24.3 Å². The Labute approximate surface area is 270 Å². The third-order valence-electron chi connectivity index (χ3n) is 8.67. The average molecular weight is 679 g/mol.